The Kier molecular flexibility index (Phi) is 6.98. The van der Waals surface area contributed by atoms with E-state index < -0.39 is 19.8 Å². The van der Waals surface area contributed by atoms with Crippen LogP contribution in [0.3, 0.4) is 0 Å². The van der Waals surface area contributed by atoms with E-state index in [1.54, 1.807) is 0 Å². The van der Waals surface area contributed by atoms with Gasteiger partial charge < -0.3 is 9.53 Å². The maximum Gasteiger partial charge on any atom is 0.414 e. The average Bonchev–Trinajstić information content (AvgIpc) is 2.95. The zero-order chi connectivity index (χ0) is 22.9. The number of rotatable bonds is 6. The molecule has 1 N–H and O–H groups in total. The van der Waals surface area contributed by atoms with Gasteiger partial charge in [0.1, 0.15) is 0 Å². The highest BCUT2D eigenvalue weighted by atomic mass is 28.4. The molecule has 0 aliphatic carbocycles. The summed E-state index contributed by atoms with van der Waals surface area (Å²) in [4.78, 5) is 28.6. The molecule has 172 valence electrons. The number of piperidine rings is 1. The molecule has 7 heteroatoms. The lowest BCUT2D eigenvalue weighted by atomic mass is 9.75. The van der Waals surface area contributed by atoms with E-state index in [1.807, 2.05) is 18.2 Å². The molecule has 1 aromatic carbocycles. The molecule has 31 heavy (non-hydrogen) atoms. The zero-order valence-corrected chi connectivity index (χ0v) is 20.7. The molecule has 0 bridgehead atoms. The SMILES string of the molecule is CC(C)(C)[Si](C)(C)OCCC1CC2(CCN(Cc3ccccc3)CC2)C(=O)N1C(=O)O. The molecule has 2 heterocycles. The molecule has 0 saturated carbocycles. The molecule has 3 rings (SSSR count). The van der Waals surface area contributed by atoms with Gasteiger partial charge in [-0.15, -0.1) is 0 Å². The van der Waals surface area contributed by atoms with E-state index in [0.717, 1.165) is 37.4 Å². The number of amides is 2. The van der Waals surface area contributed by atoms with Gasteiger partial charge in [0, 0.05) is 19.2 Å². The number of carbonyl (C=O) groups excluding carboxylic acids is 1. The average molecular weight is 447 g/mol. The van der Waals surface area contributed by atoms with Crippen LogP contribution in [0.4, 0.5) is 4.79 Å². The van der Waals surface area contributed by atoms with Gasteiger partial charge in [0.15, 0.2) is 8.32 Å². The molecule has 0 radical (unpaired) electrons. The van der Waals surface area contributed by atoms with Gasteiger partial charge in [0.25, 0.3) is 0 Å². The van der Waals surface area contributed by atoms with Gasteiger partial charge in [-0.2, -0.15) is 0 Å². The Labute approximate surface area is 187 Å². The molecular weight excluding hydrogens is 408 g/mol. The van der Waals surface area contributed by atoms with Crippen molar-refractivity contribution in [3.8, 4) is 0 Å². The van der Waals surface area contributed by atoms with Gasteiger partial charge in [0.2, 0.25) is 5.91 Å². The lowest BCUT2D eigenvalue weighted by Crippen LogP contribution is -2.46. The van der Waals surface area contributed by atoms with Crippen LogP contribution >= 0.6 is 0 Å². The second kappa shape index (κ2) is 9.04. The Bertz CT molecular complexity index is 783. The molecule has 1 spiro atoms. The summed E-state index contributed by atoms with van der Waals surface area (Å²) in [5.41, 5.74) is 0.733. The first-order valence-electron chi connectivity index (χ1n) is 11.4. The van der Waals surface area contributed by atoms with Crippen molar-refractivity contribution in [3.63, 3.8) is 0 Å². The summed E-state index contributed by atoms with van der Waals surface area (Å²) >= 11 is 0. The van der Waals surface area contributed by atoms with Crippen molar-refractivity contribution in [2.75, 3.05) is 19.7 Å². The number of nitrogens with zero attached hydrogens (tertiary/aromatic N) is 2. The van der Waals surface area contributed by atoms with Crippen LogP contribution in [0.1, 0.15) is 52.0 Å². The minimum absolute atomic E-state index is 0.109. The van der Waals surface area contributed by atoms with Crippen LogP contribution in [0, 0.1) is 5.41 Å². The minimum Gasteiger partial charge on any atom is -0.465 e. The molecule has 2 fully saturated rings. The van der Waals surface area contributed by atoms with Crippen molar-refractivity contribution in [2.24, 2.45) is 5.41 Å². The van der Waals surface area contributed by atoms with E-state index in [-0.39, 0.29) is 17.0 Å². The van der Waals surface area contributed by atoms with Crippen LogP contribution in [-0.2, 0) is 15.8 Å². The standard InChI is InChI=1S/C24H38N2O4Si/c1-23(2,3)31(4,5)30-16-11-20-17-24(21(27)26(20)22(28)29)12-14-25(15-13-24)18-19-9-7-6-8-10-19/h6-10,20H,11-18H2,1-5H3,(H,28,29). The van der Waals surface area contributed by atoms with E-state index in [9.17, 15) is 14.7 Å². The van der Waals surface area contributed by atoms with Gasteiger partial charge in [0.05, 0.1) is 5.41 Å². The first kappa shape index (κ1) is 23.9. The van der Waals surface area contributed by atoms with Crippen molar-refractivity contribution < 1.29 is 19.1 Å². The van der Waals surface area contributed by atoms with E-state index >= 15 is 0 Å². The second-order valence-electron chi connectivity index (χ2n) is 10.8. The predicted octanol–water partition coefficient (Wildman–Crippen LogP) is 4.96. The van der Waals surface area contributed by atoms with E-state index in [0.29, 0.717) is 19.4 Å². The quantitative estimate of drug-likeness (QED) is 0.626. The fourth-order valence-electron chi connectivity index (χ4n) is 4.59. The Morgan fingerprint density at radius 3 is 2.35 bits per heavy atom. The van der Waals surface area contributed by atoms with Gasteiger partial charge >= 0.3 is 6.09 Å². The maximum absolute atomic E-state index is 13.2. The van der Waals surface area contributed by atoms with Crippen LogP contribution in [0.2, 0.25) is 18.1 Å². The first-order valence-corrected chi connectivity index (χ1v) is 14.3. The highest BCUT2D eigenvalue weighted by Gasteiger charge is 2.54. The van der Waals surface area contributed by atoms with Crippen LogP contribution in [0.25, 0.3) is 0 Å². The summed E-state index contributed by atoms with van der Waals surface area (Å²) in [6.45, 7) is 14.0. The number of carboxylic acid groups (broad SMARTS) is 1. The van der Waals surface area contributed by atoms with E-state index in [4.69, 9.17) is 4.43 Å². The third-order valence-corrected chi connectivity index (χ3v) is 12.2. The fourth-order valence-corrected chi connectivity index (χ4v) is 5.65. The smallest absolute Gasteiger partial charge is 0.414 e. The number of carbonyl (C=O) groups is 2. The topological polar surface area (TPSA) is 70.1 Å². The zero-order valence-electron chi connectivity index (χ0n) is 19.7. The largest absolute Gasteiger partial charge is 0.465 e. The fraction of sp³-hybridized carbons (Fsp3) is 0.667. The molecule has 1 aromatic rings. The normalized spacial score (nSPS) is 22.3. The van der Waals surface area contributed by atoms with Crippen LogP contribution in [0.15, 0.2) is 30.3 Å². The Balaban J connectivity index is 1.61. The van der Waals surface area contributed by atoms with Crippen molar-refractivity contribution >= 4 is 20.3 Å². The van der Waals surface area contributed by atoms with Crippen molar-refractivity contribution in [1.29, 1.82) is 0 Å². The van der Waals surface area contributed by atoms with Gasteiger partial charge in [-0.1, -0.05) is 51.1 Å². The van der Waals surface area contributed by atoms with E-state index in [2.05, 4.69) is 50.9 Å². The third kappa shape index (κ3) is 5.21. The summed E-state index contributed by atoms with van der Waals surface area (Å²) in [6.07, 6.45) is 1.54. The second-order valence-corrected chi connectivity index (χ2v) is 15.6. The molecule has 1 unspecified atom stereocenters. The number of benzene rings is 1. The van der Waals surface area contributed by atoms with E-state index in [1.165, 1.54) is 5.56 Å². The molecule has 2 aliphatic rings. The highest BCUT2D eigenvalue weighted by molar-refractivity contribution is 6.74. The van der Waals surface area contributed by atoms with Crippen molar-refractivity contribution in [1.82, 2.24) is 9.80 Å². The van der Waals surface area contributed by atoms with Crippen LogP contribution in [0.5, 0.6) is 0 Å². The number of likely N-dealkylation sites (tertiary alicyclic amines) is 2. The molecule has 2 saturated heterocycles. The summed E-state index contributed by atoms with van der Waals surface area (Å²) in [7, 11) is -1.89. The van der Waals surface area contributed by atoms with Crippen LogP contribution < -0.4 is 0 Å². The number of hydrogen-bond acceptors (Lipinski definition) is 4. The Hall–Kier alpha value is -1.70. The number of imide groups is 1. The lowest BCUT2D eigenvalue weighted by Gasteiger charge is -2.37. The first-order chi connectivity index (χ1) is 14.5. The van der Waals surface area contributed by atoms with Gasteiger partial charge in [-0.25, -0.2) is 9.69 Å². The third-order valence-electron chi connectivity index (χ3n) is 7.65. The Morgan fingerprint density at radius 2 is 1.81 bits per heavy atom. The molecule has 1 atom stereocenters. The molecular formula is C24H38N2O4Si. The Morgan fingerprint density at radius 1 is 1.19 bits per heavy atom. The van der Waals surface area contributed by atoms with Gasteiger partial charge in [-0.05, 0) is 62.5 Å². The van der Waals surface area contributed by atoms with Gasteiger partial charge in [-0.3, -0.25) is 9.69 Å². The summed E-state index contributed by atoms with van der Waals surface area (Å²) in [5.74, 6) is -0.198. The summed E-state index contributed by atoms with van der Waals surface area (Å²) in [6, 6.07) is 10.1. The monoisotopic (exact) mass is 446 g/mol. The minimum atomic E-state index is -1.89. The molecule has 2 amide bonds. The van der Waals surface area contributed by atoms with Crippen LogP contribution in [-0.4, -0.2) is 61.0 Å². The summed E-state index contributed by atoms with van der Waals surface area (Å²) < 4.78 is 6.28. The lowest BCUT2D eigenvalue weighted by molar-refractivity contribution is -0.137. The summed E-state index contributed by atoms with van der Waals surface area (Å²) in [5, 5.41) is 9.87. The highest BCUT2D eigenvalue weighted by Crippen LogP contribution is 2.46. The number of hydrogen-bond donors (Lipinski definition) is 1. The molecule has 2 aliphatic heterocycles. The van der Waals surface area contributed by atoms with Crippen molar-refractivity contribution in [3.05, 3.63) is 35.9 Å². The molecule has 0 aromatic heterocycles. The van der Waals surface area contributed by atoms with Crippen molar-refractivity contribution in [2.45, 2.75) is 77.2 Å². The molecule has 6 nitrogen and oxygen atoms in total. The predicted molar refractivity (Wildman–Crippen MR) is 124 cm³/mol. The maximum atomic E-state index is 13.2.